The number of phenolic OH excluding ortho intramolecular Hbond substituents is 1. The first-order valence-electron chi connectivity index (χ1n) is 9.00. The summed E-state index contributed by atoms with van der Waals surface area (Å²) in [5, 5.41) is 30.6. The Balaban J connectivity index is 1.91. The number of hydrogen-bond donors (Lipinski definition) is 3. The normalized spacial score (nSPS) is 11.1. The van der Waals surface area contributed by atoms with Crippen molar-refractivity contribution in [1.82, 2.24) is 14.1 Å². The summed E-state index contributed by atoms with van der Waals surface area (Å²) >= 11 is 0. The molecular formula is C20H25N3O3. The molecule has 0 amide bonds. The molecule has 0 saturated carbocycles. The highest BCUT2D eigenvalue weighted by Gasteiger charge is 2.22. The van der Waals surface area contributed by atoms with Crippen LogP contribution in [0.1, 0.15) is 31.9 Å². The molecule has 0 radical (unpaired) electrons. The van der Waals surface area contributed by atoms with Crippen molar-refractivity contribution >= 4 is 0 Å². The zero-order valence-corrected chi connectivity index (χ0v) is 15.0. The van der Waals surface area contributed by atoms with Gasteiger partial charge in [0.1, 0.15) is 5.75 Å². The van der Waals surface area contributed by atoms with Crippen molar-refractivity contribution in [1.29, 1.82) is 0 Å². The molecule has 3 aromatic rings. The third-order valence-electron chi connectivity index (χ3n) is 4.60. The van der Waals surface area contributed by atoms with Gasteiger partial charge in [0.05, 0.1) is 6.33 Å². The van der Waals surface area contributed by atoms with E-state index in [0.29, 0.717) is 12.1 Å². The zero-order valence-electron chi connectivity index (χ0n) is 15.0. The Hall–Kier alpha value is -2.89. The van der Waals surface area contributed by atoms with E-state index >= 15 is 0 Å². The molecule has 0 saturated heterocycles. The molecule has 0 atom stereocenters. The van der Waals surface area contributed by atoms with Crippen LogP contribution in [0.15, 0.2) is 43.0 Å². The predicted octanol–water partition coefficient (Wildman–Crippen LogP) is 3.90. The third kappa shape index (κ3) is 3.69. The molecule has 0 spiro atoms. The Morgan fingerprint density at radius 3 is 2.42 bits per heavy atom. The number of aryl methyl sites for hydroxylation is 1. The van der Waals surface area contributed by atoms with Gasteiger partial charge in [-0.2, -0.15) is 0 Å². The van der Waals surface area contributed by atoms with Gasteiger partial charge in [-0.05, 0) is 37.0 Å². The van der Waals surface area contributed by atoms with E-state index in [9.17, 15) is 15.3 Å². The van der Waals surface area contributed by atoms with E-state index in [1.54, 1.807) is 36.8 Å². The zero-order chi connectivity index (χ0) is 18.5. The van der Waals surface area contributed by atoms with Crippen molar-refractivity contribution in [3.05, 3.63) is 48.7 Å². The number of phenols is 1. The van der Waals surface area contributed by atoms with Crippen LogP contribution >= 0.6 is 0 Å². The van der Waals surface area contributed by atoms with Crippen LogP contribution in [0.3, 0.4) is 0 Å². The Morgan fingerprint density at radius 2 is 1.77 bits per heavy atom. The van der Waals surface area contributed by atoms with E-state index in [-0.39, 0.29) is 17.4 Å². The van der Waals surface area contributed by atoms with Crippen LogP contribution in [0.5, 0.6) is 17.4 Å². The van der Waals surface area contributed by atoms with Gasteiger partial charge in [-0.1, -0.05) is 25.5 Å². The lowest BCUT2D eigenvalue weighted by molar-refractivity contribution is 0.365. The lowest BCUT2D eigenvalue weighted by Crippen LogP contribution is -2.06. The fourth-order valence-corrected chi connectivity index (χ4v) is 3.25. The van der Waals surface area contributed by atoms with Crippen LogP contribution in [-0.4, -0.2) is 29.4 Å². The standard InChI is InChI=1S/C20H25N3O3/c1-2-3-5-17-18(15-6-8-16(24)9-7-15)19(25)20(26)23(17)12-4-11-22-13-10-21-14-22/h6-10,13-14,24-26H,2-5,11-12H2,1H3. The molecule has 0 bridgehead atoms. The highest BCUT2D eigenvalue weighted by atomic mass is 16.3. The molecule has 1 aromatic carbocycles. The molecule has 6 heteroatoms. The number of unbranched alkanes of at least 4 members (excludes halogenated alkanes) is 1. The Bertz CT molecular complexity index is 836. The fourth-order valence-electron chi connectivity index (χ4n) is 3.25. The summed E-state index contributed by atoms with van der Waals surface area (Å²) < 4.78 is 3.80. The topological polar surface area (TPSA) is 83.4 Å². The third-order valence-corrected chi connectivity index (χ3v) is 4.60. The SMILES string of the molecule is CCCCc1c(-c2ccc(O)cc2)c(O)c(O)n1CCCn1ccnc1. The number of nitrogens with zero attached hydrogens (tertiary/aromatic N) is 3. The fraction of sp³-hybridized carbons (Fsp3) is 0.350. The van der Waals surface area contributed by atoms with Crippen molar-refractivity contribution in [2.75, 3.05) is 0 Å². The van der Waals surface area contributed by atoms with Crippen LogP contribution < -0.4 is 0 Å². The second-order valence-electron chi connectivity index (χ2n) is 6.45. The lowest BCUT2D eigenvalue weighted by atomic mass is 10.0. The van der Waals surface area contributed by atoms with E-state index in [2.05, 4.69) is 11.9 Å². The largest absolute Gasteiger partial charge is 0.508 e. The number of aromatic nitrogens is 3. The Kier molecular flexibility index (Phi) is 5.51. The summed E-state index contributed by atoms with van der Waals surface area (Å²) in [6, 6.07) is 6.70. The predicted molar refractivity (Wildman–Crippen MR) is 100 cm³/mol. The molecule has 0 aliphatic carbocycles. The Labute approximate surface area is 153 Å². The average Bonchev–Trinajstić information content (AvgIpc) is 3.23. The quantitative estimate of drug-likeness (QED) is 0.572. The number of imidazole rings is 1. The van der Waals surface area contributed by atoms with E-state index in [1.165, 1.54) is 0 Å². The van der Waals surface area contributed by atoms with Gasteiger partial charge in [-0.15, -0.1) is 0 Å². The number of aromatic hydroxyl groups is 3. The molecule has 0 aliphatic rings. The van der Waals surface area contributed by atoms with Gasteiger partial charge in [0.2, 0.25) is 5.88 Å². The van der Waals surface area contributed by atoms with Gasteiger partial charge in [0, 0.05) is 36.7 Å². The van der Waals surface area contributed by atoms with Crippen molar-refractivity contribution in [3.63, 3.8) is 0 Å². The second kappa shape index (κ2) is 7.99. The molecule has 0 fully saturated rings. The minimum atomic E-state index is -0.0931. The van der Waals surface area contributed by atoms with Crippen LogP contribution in [0.2, 0.25) is 0 Å². The highest BCUT2D eigenvalue weighted by Crippen LogP contribution is 2.43. The second-order valence-corrected chi connectivity index (χ2v) is 6.45. The van der Waals surface area contributed by atoms with Crippen molar-refractivity contribution in [2.45, 2.75) is 45.7 Å². The summed E-state index contributed by atoms with van der Waals surface area (Å²) in [5.74, 6) is -0.0124. The molecular weight excluding hydrogens is 330 g/mol. The molecule has 3 N–H and O–H groups in total. The lowest BCUT2D eigenvalue weighted by Gasteiger charge is -2.12. The summed E-state index contributed by atoms with van der Waals surface area (Å²) in [6.45, 7) is 3.51. The van der Waals surface area contributed by atoms with Crippen LogP contribution in [0, 0.1) is 0 Å². The van der Waals surface area contributed by atoms with Gasteiger partial charge in [0.15, 0.2) is 5.75 Å². The number of benzene rings is 1. The molecule has 0 unspecified atom stereocenters. The van der Waals surface area contributed by atoms with Crippen molar-refractivity contribution in [2.24, 2.45) is 0 Å². The maximum atomic E-state index is 10.6. The van der Waals surface area contributed by atoms with Crippen molar-refractivity contribution in [3.8, 4) is 28.5 Å². The van der Waals surface area contributed by atoms with Gasteiger partial charge in [-0.25, -0.2) is 4.98 Å². The maximum absolute atomic E-state index is 10.6. The smallest absolute Gasteiger partial charge is 0.235 e. The van der Waals surface area contributed by atoms with Gasteiger partial charge >= 0.3 is 0 Å². The van der Waals surface area contributed by atoms with Gasteiger partial charge < -0.3 is 24.5 Å². The van der Waals surface area contributed by atoms with Crippen LogP contribution in [0.4, 0.5) is 0 Å². The molecule has 0 aliphatic heterocycles. The molecule has 26 heavy (non-hydrogen) atoms. The number of rotatable bonds is 8. The first-order valence-corrected chi connectivity index (χ1v) is 9.00. The number of hydrogen-bond acceptors (Lipinski definition) is 4. The molecule has 2 heterocycles. The summed E-state index contributed by atoms with van der Waals surface area (Å²) in [7, 11) is 0. The minimum Gasteiger partial charge on any atom is -0.508 e. The Morgan fingerprint density at radius 1 is 1.00 bits per heavy atom. The van der Waals surface area contributed by atoms with E-state index in [1.807, 2.05) is 15.3 Å². The van der Waals surface area contributed by atoms with Crippen molar-refractivity contribution < 1.29 is 15.3 Å². The van der Waals surface area contributed by atoms with Crippen LogP contribution in [0.25, 0.3) is 11.1 Å². The summed E-state index contributed by atoms with van der Waals surface area (Å²) in [5.41, 5.74) is 2.37. The minimum absolute atomic E-state index is 0.0928. The molecule has 6 nitrogen and oxygen atoms in total. The highest BCUT2D eigenvalue weighted by molar-refractivity contribution is 5.76. The maximum Gasteiger partial charge on any atom is 0.235 e. The van der Waals surface area contributed by atoms with Crippen LogP contribution in [-0.2, 0) is 19.5 Å². The average molecular weight is 355 g/mol. The van der Waals surface area contributed by atoms with E-state index in [0.717, 1.165) is 43.5 Å². The monoisotopic (exact) mass is 355 g/mol. The first kappa shape index (κ1) is 17.9. The molecule has 138 valence electrons. The van der Waals surface area contributed by atoms with Gasteiger partial charge in [-0.3, -0.25) is 0 Å². The van der Waals surface area contributed by atoms with Gasteiger partial charge in [0.25, 0.3) is 0 Å². The molecule has 2 aromatic heterocycles. The summed E-state index contributed by atoms with van der Waals surface area (Å²) in [6.07, 6.45) is 9.00. The molecule has 3 rings (SSSR count). The van der Waals surface area contributed by atoms with E-state index < -0.39 is 0 Å². The van der Waals surface area contributed by atoms with E-state index in [4.69, 9.17) is 0 Å². The first-order chi connectivity index (χ1) is 12.6. The summed E-state index contributed by atoms with van der Waals surface area (Å²) in [4.78, 5) is 4.03.